The quantitative estimate of drug-likeness (QED) is 0.719. The van der Waals surface area contributed by atoms with Crippen LogP contribution in [0.3, 0.4) is 0 Å². The van der Waals surface area contributed by atoms with Crippen molar-refractivity contribution >= 4 is 11.8 Å². The van der Waals surface area contributed by atoms with Crippen LogP contribution in [0.2, 0.25) is 0 Å². The van der Waals surface area contributed by atoms with Crippen molar-refractivity contribution in [2.45, 2.75) is 26.2 Å². The van der Waals surface area contributed by atoms with Crippen molar-refractivity contribution < 1.29 is 9.59 Å². The normalized spacial score (nSPS) is 30.2. The first kappa shape index (κ1) is 13.5. The fraction of sp³-hybridized carbons (Fsp3) is 0.846. The maximum atomic E-state index is 11.5. The van der Waals surface area contributed by atoms with Crippen LogP contribution in [-0.2, 0) is 9.59 Å². The maximum absolute atomic E-state index is 11.5. The molecule has 2 N–H and O–H groups in total. The van der Waals surface area contributed by atoms with Crippen molar-refractivity contribution in [2.75, 3.05) is 32.7 Å². The number of nitrogens with two attached hydrogens (primary N) is 1. The highest BCUT2D eigenvalue weighted by Gasteiger charge is 2.30. The number of carbonyl (C=O) groups is 2. The Kier molecular flexibility index (Phi) is 4.35. The molecule has 0 aliphatic carbocycles. The second kappa shape index (κ2) is 5.80. The molecule has 2 saturated heterocycles. The van der Waals surface area contributed by atoms with Crippen LogP contribution < -0.4 is 5.73 Å². The Labute approximate surface area is 108 Å². The first-order chi connectivity index (χ1) is 8.61. The predicted octanol–water partition coefficient (Wildman–Crippen LogP) is 0.0521. The lowest BCUT2D eigenvalue weighted by molar-refractivity contribution is -0.138. The van der Waals surface area contributed by atoms with E-state index in [-0.39, 0.29) is 11.8 Å². The van der Waals surface area contributed by atoms with E-state index in [2.05, 4.69) is 11.8 Å². The van der Waals surface area contributed by atoms with E-state index in [0.29, 0.717) is 31.2 Å². The largest absolute Gasteiger partial charge is 0.330 e. The molecule has 5 nitrogen and oxygen atoms in total. The molecule has 102 valence electrons. The van der Waals surface area contributed by atoms with Gasteiger partial charge in [0.15, 0.2) is 0 Å². The average molecular weight is 253 g/mol. The average Bonchev–Trinajstić information content (AvgIpc) is 2.68. The fourth-order valence-electron chi connectivity index (χ4n) is 2.85. The summed E-state index contributed by atoms with van der Waals surface area (Å²) in [5, 5.41) is 0. The number of carbonyl (C=O) groups excluding carboxylic acids is 2. The zero-order chi connectivity index (χ0) is 13.1. The van der Waals surface area contributed by atoms with Gasteiger partial charge in [-0.15, -0.1) is 0 Å². The molecule has 0 aromatic rings. The first-order valence-corrected chi connectivity index (χ1v) is 6.87. The van der Waals surface area contributed by atoms with Crippen LogP contribution in [-0.4, -0.2) is 54.3 Å². The SMILES string of the molecule is CC1CCN(CCN2C(=O)CCC2=O)CC1CN. The molecule has 0 radical (unpaired) electrons. The third-order valence-corrected chi connectivity index (χ3v) is 4.30. The Balaban J connectivity index is 1.80. The number of amides is 2. The minimum Gasteiger partial charge on any atom is -0.330 e. The lowest BCUT2D eigenvalue weighted by Gasteiger charge is -2.37. The number of imide groups is 1. The molecule has 0 aromatic carbocycles. The number of hydrogen-bond acceptors (Lipinski definition) is 4. The topological polar surface area (TPSA) is 66.6 Å². The van der Waals surface area contributed by atoms with Crippen molar-refractivity contribution in [3.05, 3.63) is 0 Å². The van der Waals surface area contributed by atoms with Gasteiger partial charge in [0, 0.05) is 32.5 Å². The van der Waals surface area contributed by atoms with E-state index < -0.39 is 0 Å². The molecule has 2 aliphatic heterocycles. The van der Waals surface area contributed by atoms with E-state index in [4.69, 9.17) is 5.73 Å². The molecule has 2 amide bonds. The zero-order valence-electron chi connectivity index (χ0n) is 11.1. The van der Waals surface area contributed by atoms with E-state index >= 15 is 0 Å². The summed E-state index contributed by atoms with van der Waals surface area (Å²) in [5.41, 5.74) is 5.77. The Morgan fingerprint density at radius 2 is 1.89 bits per heavy atom. The molecule has 2 atom stereocenters. The van der Waals surface area contributed by atoms with Gasteiger partial charge in [0.1, 0.15) is 0 Å². The molecule has 5 heteroatoms. The Morgan fingerprint density at radius 1 is 1.22 bits per heavy atom. The van der Waals surface area contributed by atoms with Crippen molar-refractivity contribution in [1.82, 2.24) is 9.80 Å². The standard InChI is InChI=1S/C13H23N3O2/c1-10-4-5-15(9-11(10)8-14)6-7-16-12(17)2-3-13(16)18/h10-11H,2-9,14H2,1H3. The van der Waals surface area contributed by atoms with Crippen LogP contribution in [0.1, 0.15) is 26.2 Å². The summed E-state index contributed by atoms with van der Waals surface area (Å²) in [6.07, 6.45) is 1.94. The van der Waals surface area contributed by atoms with Crippen LogP contribution in [0, 0.1) is 11.8 Å². The molecule has 0 spiro atoms. The third-order valence-electron chi connectivity index (χ3n) is 4.30. The second-order valence-corrected chi connectivity index (χ2v) is 5.50. The number of piperidine rings is 1. The molecular weight excluding hydrogens is 230 g/mol. The van der Waals surface area contributed by atoms with Gasteiger partial charge in [-0.2, -0.15) is 0 Å². The molecular formula is C13H23N3O2. The minimum absolute atomic E-state index is 0.0132. The van der Waals surface area contributed by atoms with E-state index in [9.17, 15) is 9.59 Å². The molecule has 2 fully saturated rings. The third kappa shape index (κ3) is 2.90. The molecule has 0 aromatic heterocycles. The van der Waals surface area contributed by atoms with Crippen LogP contribution in [0.4, 0.5) is 0 Å². The van der Waals surface area contributed by atoms with Crippen LogP contribution >= 0.6 is 0 Å². The minimum atomic E-state index is -0.0132. The summed E-state index contributed by atoms with van der Waals surface area (Å²) in [5.74, 6) is 1.20. The highest BCUT2D eigenvalue weighted by Crippen LogP contribution is 2.22. The van der Waals surface area contributed by atoms with Gasteiger partial charge in [0.2, 0.25) is 11.8 Å². The monoisotopic (exact) mass is 253 g/mol. The molecule has 2 aliphatic rings. The Bertz CT molecular complexity index is 316. The van der Waals surface area contributed by atoms with Crippen LogP contribution in [0.25, 0.3) is 0 Å². The van der Waals surface area contributed by atoms with Gasteiger partial charge in [0.25, 0.3) is 0 Å². The summed E-state index contributed by atoms with van der Waals surface area (Å²) in [4.78, 5) is 26.7. The molecule has 2 heterocycles. The molecule has 18 heavy (non-hydrogen) atoms. The van der Waals surface area contributed by atoms with Crippen LogP contribution in [0.15, 0.2) is 0 Å². The molecule has 2 rings (SSSR count). The smallest absolute Gasteiger partial charge is 0.229 e. The molecule has 2 unspecified atom stereocenters. The van der Waals surface area contributed by atoms with Crippen molar-refractivity contribution in [3.8, 4) is 0 Å². The highest BCUT2D eigenvalue weighted by molar-refractivity contribution is 6.01. The van der Waals surface area contributed by atoms with Gasteiger partial charge in [-0.25, -0.2) is 0 Å². The second-order valence-electron chi connectivity index (χ2n) is 5.50. The summed E-state index contributed by atoms with van der Waals surface area (Å²) in [6.45, 7) is 6.35. The highest BCUT2D eigenvalue weighted by atomic mass is 16.2. The van der Waals surface area contributed by atoms with Gasteiger partial charge in [-0.1, -0.05) is 6.92 Å². The van der Waals surface area contributed by atoms with E-state index in [1.807, 2.05) is 0 Å². The van der Waals surface area contributed by atoms with Gasteiger partial charge >= 0.3 is 0 Å². The molecule has 0 saturated carbocycles. The summed E-state index contributed by atoms with van der Waals surface area (Å²) in [7, 11) is 0. The summed E-state index contributed by atoms with van der Waals surface area (Å²) in [6, 6.07) is 0. The van der Waals surface area contributed by atoms with Crippen LogP contribution in [0.5, 0.6) is 0 Å². The summed E-state index contributed by atoms with van der Waals surface area (Å²) >= 11 is 0. The van der Waals surface area contributed by atoms with E-state index in [1.54, 1.807) is 0 Å². The van der Waals surface area contributed by atoms with Crippen molar-refractivity contribution in [2.24, 2.45) is 17.6 Å². The number of likely N-dealkylation sites (tertiary alicyclic amines) is 2. The lowest BCUT2D eigenvalue weighted by Crippen LogP contribution is -2.46. The predicted molar refractivity (Wildman–Crippen MR) is 68.7 cm³/mol. The fourth-order valence-corrected chi connectivity index (χ4v) is 2.85. The Hall–Kier alpha value is -0.940. The van der Waals surface area contributed by atoms with Gasteiger partial charge in [-0.05, 0) is 31.3 Å². The number of hydrogen-bond donors (Lipinski definition) is 1. The lowest BCUT2D eigenvalue weighted by atomic mass is 9.87. The Morgan fingerprint density at radius 3 is 2.50 bits per heavy atom. The van der Waals surface area contributed by atoms with E-state index in [0.717, 1.165) is 32.6 Å². The maximum Gasteiger partial charge on any atom is 0.229 e. The first-order valence-electron chi connectivity index (χ1n) is 6.87. The van der Waals surface area contributed by atoms with Gasteiger partial charge in [0.05, 0.1) is 0 Å². The van der Waals surface area contributed by atoms with Gasteiger partial charge in [-0.3, -0.25) is 14.5 Å². The molecule has 0 bridgehead atoms. The van der Waals surface area contributed by atoms with Crippen molar-refractivity contribution in [1.29, 1.82) is 0 Å². The van der Waals surface area contributed by atoms with Crippen molar-refractivity contribution in [3.63, 3.8) is 0 Å². The van der Waals surface area contributed by atoms with E-state index in [1.165, 1.54) is 4.90 Å². The number of nitrogens with zero attached hydrogens (tertiary/aromatic N) is 2. The van der Waals surface area contributed by atoms with Gasteiger partial charge < -0.3 is 10.6 Å². The zero-order valence-corrected chi connectivity index (χ0v) is 11.1. The number of rotatable bonds is 4. The summed E-state index contributed by atoms with van der Waals surface area (Å²) < 4.78 is 0.